The van der Waals surface area contributed by atoms with E-state index in [0.29, 0.717) is 18.8 Å². The van der Waals surface area contributed by atoms with Crippen LogP contribution in [0.3, 0.4) is 0 Å². The maximum Gasteiger partial charge on any atom is 0.322 e. The predicted molar refractivity (Wildman–Crippen MR) is 128 cm³/mol. The fourth-order valence-corrected chi connectivity index (χ4v) is 4.51. The molecular weight excluding hydrogens is 493 g/mol. The molecule has 1 aromatic heterocycles. The Morgan fingerprint density at radius 1 is 1.06 bits per heavy atom. The summed E-state index contributed by atoms with van der Waals surface area (Å²) in [7, 11) is 0. The van der Waals surface area contributed by atoms with E-state index in [1.807, 2.05) is 41.8 Å². The van der Waals surface area contributed by atoms with Crippen molar-refractivity contribution in [1.82, 2.24) is 9.80 Å². The van der Waals surface area contributed by atoms with E-state index in [2.05, 4.69) is 21.2 Å². The number of amides is 3. The van der Waals surface area contributed by atoms with Crippen LogP contribution in [0.5, 0.6) is 0 Å². The zero-order chi connectivity index (χ0) is 22.5. The third-order valence-corrected chi connectivity index (χ3v) is 6.55. The zero-order valence-corrected chi connectivity index (χ0v) is 19.7. The fraction of sp³-hybridized carbons (Fsp3) is 0.250. The van der Waals surface area contributed by atoms with E-state index in [-0.39, 0.29) is 30.3 Å². The molecule has 1 aliphatic carbocycles. The van der Waals surface area contributed by atoms with Gasteiger partial charge in [0, 0.05) is 27.6 Å². The predicted octanol–water partition coefficient (Wildman–Crippen LogP) is 5.88. The molecule has 8 heteroatoms. The van der Waals surface area contributed by atoms with E-state index in [1.54, 1.807) is 33.3 Å². The van der Waals surface area contributed by atoms with Gasteiger partial charge in [0.2, 0.25) is 5.91 Å². The van der Waals surface area contributed by atoms with Crippen LogP contribution in [0.1, 0.15) is 23.3 Å². The molecule has 1 aliphatic rings. The Hall–Kier alpha value is -2.71. The lowest BCUT2D eigenvalue weighted by molar-refractivity contribution is -0.133. The van der Waals surface area contributed by atoms with Crippen LogP contribution in [0, 0.1) is 5.82 Å². The summed E-state index contributed by atoms with van der Waals surface area (Å²) >= 11 is 4.98. The minimum Gasteiger partial charge on any atom is -0.332 e. The van der Waals surface area contributed by atoms with Crippen molar-refractivity contribution in [2.24, 2.45) is 0 Å². The largest absolute Gasteiger partial charge is 0.332 e. The Morgan fingerprint density at radius 2 is 1.84 bits per heavy atom. The molecule has 0 saturated heterocycles. The smallest absolute Gasteiger partial charge is 0.322 e. The summed E-state index contributed by atoms with van der Waals surface area (Å²) in [5, 5.41) is 4.87. The summed E-state index contributed by atoms with van der Waals surface area (Å²) in [6.45, 7) is 0.791. The van der Waals surface area contributed by atoms with Gasteiger partial charge in [-0.15, -0.1) is 11.3 Å². The molecule has 166 valence electrons. The lowest BCUT2D eigenvalue weighted by Crippen LogP contribution is -2.45. The summed E-state index contributed by atoms with van der Waals surface area (Å²) in [5.41, 5.74) is 1.51. The van der Waals surface area contributed by atoms with Crippen LogP contribution in [0.15, 0.2) is 70.5 Å². The number of benzene rings is 2. The minimum atomic E-state index is -0.311. The molecule has 0 unspecified atom stereocenters. The highest BCUT2D eigenvalue weighted by Crippen LogP contribution is 2.28. The summed E-state index contributed by atoms with van der Waals surface area (Å²) in [6.07, 6.45) is 1.78. The van der Waals surface area contributed by atoms with Gasteiger partial charge in [-0.05, 0) is 60.2 Å². The molecule has 3 aromatic rings. The quantitative estimate of drug-likeness (QED) is 0.407. The second-order valence-corrected chi connectivity index (χ2v) is 9.70. The maximum absolute atomic E-state index is 13.3. The van der Waals surface area contributed by atoms with Crippen molar-refractivity contribution in [2.75, 3.05) is 11.9 Å². The molecule has 0 bridgehead atoms. The minimum absolute atomic E-state index is 0.00290. The number of hydrogen-bond donors (Lipinski definition) is 1. The van der Waals surface area contributed by atoms with Crippen LogP contribution in [0.25, 0.3) is 0 Å². The van der Waals surface area contributed by atoms with Crippen LogP contribution < -0.4 is 5.32 Å². The first kappa shape index (κ1) is 22.5. The van der Waals surface area contributed by atoms with E-state index in [1.165, 1.54) is 12.1 Å². The van der Waals surface area contributed by atoms with Gasteiger partial charge in [0.05, 0.1) is 6.54 Å². The molecule has 1 heterocycles. The number of urea groups is 1. The van der Waals surface area contributed by atoms with Crippen molar-refractivity contribution in [3.05, 3.63) is 86.8 Å². The second kappa shape index (κ2) is 10.3. The number of anilines is 1. The summed E-state index contributed by atoms with van der Waals surface area (Å²) in [4.78, 5) is 30.7. The maximum atomic E-state index is 13.3. The molecule has 0 radical (unpaired) electrons. The van der Waals surface area contributed by atoms with E-state index in [4.69, 9.17) is 0 Å². The topological polar surface area (TPSA) is 52.7 Å². The lowest BCUT2D eigenvalue weighted by Gasteiger charge is -2.28. The zero-order valence-electron chi connectivity index (χ0n) is 17.3. The third-order valence-electron chi connectivity index (χ3n) is 5.20. The van der Waals surface area contributed by atoms with Gasteiger partial charge in [0.15, 0.2) is 0 Å². The van der Waals surface area contributed by atoms with Crippen LogP contribution >= 0.6 is 27.3 Å². The lowest BCUT2D eigenvalue weighted by atomic mass is 10.2. The van der Waals surface area contributed by atoms with Crippen molar-refractivity contribution in [3.63, 3.8) is 0 Å². The normalized spacial score (nSPS) is 12.9. The first-order valence-electron chi connectivity index (χ1n) is 10.4. The average Bonchev–Trinajstić information content (AvgIpc) is 3.48. The van der Waals surface area contributed by atoms with Gasteiger partial charge in [-0.25, -0.2) is 9.18 Å². The standard InChI is InChI=1S/C24H23BrFN3O2S/c25-18-3-1-4-20(13-18)27-24(31)29(21-10-11-21)16-23(30)28(15-22-5-2-12-32-22)14-17-6-8-19(26)9-7-17/h1-9,12-13,21H,10-11,14-16H2,(H,27,31). The molecule has 0 spiro atoms. The van der Waals surface area contributed by atoms with Crippen molar-refractivity contribution < 1.29 is 14.0 Å². The van der Waals surface area contributed by atoms with Crippen LogP contribution in [0.4, 0.5) is 14.9 Å². The highest BCUT2D eigenvalue weighted by atomic mass is 79.9. The van der Waals surface area contributed by atoms with Gasteiger partial charge < -0.3 is 15.1 Å². The third kappa shape index (κ3) is 6.17. The van der Waals surface area contributed by atoms with Crippen molar-refractivity contribution in [1.29, 1.82) is 0 Å². The Kier molecular flexibility index (Phi) is 7.22. The van der Waals surface area contributed by atoms with Crippen LogP contribution in [0.2, 0.25) is 0 Å². The summed E-state index contributed by atoms with van der Waals surface area (Å²) in [5.74, 6) is -0.451. The number of thiophene rings is 1. The Bertz CT molecular complexity index is 1070. The number of rotatable bonds is 8. The van der Waals surface area contributed by atoms with E-state index >= 15 is 0 Å². The van der Waals surface area contributed by atoms with Crippen LogP contribution in [-0.2, 0) is 17.9 Å². The van der Waals surface area contributed by atoms with Crippen molar-refractivity contribution in [3.8, 4) is 0 Å². The van der Waals surface area contributed by atoms with E-state index in [0.717, 1.165) is 27.8 Å². The number of hydrogen-bond acceptors (Lipinski definition) is 3. The van der Waals surface area contributed by atoms with Gasteiger partial charge in [0.1, 0.15) is 12.4 Å². The fourth-order valence-electron chi connectivity index (χ4n) is 3.39. The van der Waals surface area contributed by atoms with Crippen molar-refractivity contribution >= 4 is 44.9 Å². The highest BCUT2D eigenvalue weighted by Gasteiger charge is 2.35. The van der Waals surface area contributed by atoms with Gasteiger partial charge in [-0.3, -0.25) is 4.79 Å². The summed E-state index contributed by atoms with van der Waals surface area (Å²) in [6, 6.07) is 17.2. The first-order chi connectivity index (χ1) is 15.5. The number of halogens is 2. The summed E-state index contributed by atoms with van der Waals surface area (Å²) < 4.78 is 14.2. The Balaban J connectivity index is 1.48. The molecule has 3 amide bonds. The molecule has 32 heavy (non-hydrogen) atoms. The van der Waals surface area contributed by atoms with Gasteiger partial charge in [-0.2, -0.15) is 0 Å². The molecule has 0 atom stereocenters. The second-order valence-electron chi connectivity index (χ2n) is 7.76. The van der Waals surface area contributed by atoms with E-state index < -0.39 is 0 Å². The Morgan fingerprint density at radius 3 is 2.50 bits per heavy atom. The monoisotopic (exact) mass is 515 g/mol. The number of nitrogens with zero attached hydrogens (tertiary/aromatic N) is 2. The molecule has 0 aliphatic heterocycles. The molecule has 5 nitrogen and oxygen atoms in total. The SMILES string of the molecule is O=C(CN(C(=O)Nc1cccc(Br)c1)C1CC1)N(Cc1ccc(F)cc1)Cc1cccs1. The van der Waals surface area contributed by atoms with E-state index in [9.17, 15) is 14.0 Å². The molecule has 4 rings (SSSR count). The average molecular weight is 516 g/mol. The number of carbonyl (C=O) groups excluding carboxylic acids is 2. The highest BCUT2D eigenvalue weighted by molar-refractivity contribution is 9.10. The van der Waals surface area contributed by atoms with Gasteiger partial charge >= 0.3 is 6.03 Å². The molecule has 2 aromatic carbocycles. The molecule has 1 saturated carbocycles. The number of nitrogens with one attached hydrogen (secondary N) is 1. The van der Waals surface area contributed by atoms with Gasteiger partial charge in [0.25, 0.3) is 0 Å². The first-order valence-corrected chi connectivity index (χ1v) is 12.0. The molecule has 1 N–H and O–H groups in total. The molecular formula is C24H23BrFN3O2S. The molecule has 1 fully saturated rings. The van der Waals surface area contributed by atoms with Crippen LogP contribution in [-0.4, -0.2) is 34.3 Å². The number of carbonyl (C=O) groups is 2. The van der Waals surface area contributed by atoms with Crippen molar-refractivity contribution in [2.45, 2.75) is 32.0 Å². The van der Waals surface area contributed by atoms with Gasteiger partial charge in [-0.1, -0.05) is 40.2 Å². The Labute approximate surface area is 199 Å².